The van der Waals surface area contributed by atoms with Gasteiger partial charge in [-0.1, -0.05) is 54.6 Å². The molecule has 1 amide bonds. The molecule has 2 heterocycles. The minimum Gasteiger partial charge on any atom is -0.368 e. The van der Waals surface area contributed by atoms with Crippen molar-refractivity contribution in [2.45, 2.75) is 30.9 Å². The number of carbonyl (C=O) groups is 1. The zero-order valence-electron chi connectivity index (χ0n) is 15.3. The summed E-state index contributed by atoms with van der Waals surface area (Å²) in [6.45, 7) is 3.02. The molecular weight excluding hydrogens is 324 g/mol. The second-order valence-electron chi connectivity index (χ2n) is 7.30. The van der Waals surface area contributed by atoms with E-state index in [1.165, 1.54) is 16.7 Å². The molecule has 1 saturated heterocycles. The van der Waals surface area contributed by atoms with Crippen LogP contribution in [0.3, 0.4) is 0 Å². The van der Waals surface area contributed by atoms with Gasteiger partial charge in [0.15, 0.2) is 0 Å². The van der Waals surface area contributed by atoms with E-state index < -0.39 is 5.60 Å². The Bertz CT molecular complexity index is 769. The Morgan fingerprint density at radius 1 is 1.08 bits per heavy atom. The first-order valence-corrected chi connectivity index (χ1v) is 9.41. The maximum atomic E-state index is 13.5. The molecule has 0 aromatic heterocycles. The van der Waals surface area contributed by atoms with Gasteiger partial charge in [0.1, 0.15) is 5.60 Å². The Kier molecular flexibility index (Phi) is 4.79. The maximum Gasteiger partial charge on any atom is 0.255 e. The number of hydrogen-bond acceptors (Lipinski definition) is 3. The molecule has 0 spiro atoms. The zero-order valence-corrected chi connectivity index (χ0v) is 15.3. The average molecular weight is 350 g/mol. The van der Waals surface area contributed by atoms with Crippen molar-refractivity contribution in [3.63, 3.8) is 0 Å². The van der Waals surface area contributed by atoms with E-state index >= 15 is 0 Å². The normalized spacial score (nSPS) is 21.9. The van der Waals surface area contributed by atoms with Gasteiger partial charge in [-0.3, -0.25) is 4.79 Å². The lowest BCUT2D eigenvalue weighted by atomic mass is 9.83. The molecule has 1 N–H and O–H groups in total. The Morgan fingerprint density at radius 2 is 1.77 bits per heavy atom. The quantitative estimate of drug-likeness (QED) is 0.925. The van der Waals surface area contributed by atoms with Crippen molar-refractivity contribution in [1.29, 1.82) is 0 Å². The number of amides is 1. The van der Waals surface area contributed by atoms with Crippen molar-refractivity contribution in [2.75, 3.05) is 26.7 Å². The van der Waals surface area contributed by atoms with Crippen molar-refractivity contribution >= 4 is 5.91 Å². The van der Waals surface area contributed by atoms with E-state index in [1.54, 1.807) is 7.11 Å². The molecule has 0 aliphatic carbocycles. The first-order chi connectivity index (χ1) is 12.7. The highest BCUT2D eigenvalue weighted by Crippen LogP contribution is 2.36. The topological polar surface area (TPSA) is 41.6 Å². The molecule has 2 aromatic rings. The monoisotopic (exact) mass is 350 g/mol. The molecule has 1 unspecified atom stereocenters. The summed E-state index contributed by atoms with van der Waals surface area (Å²) < 4.78 is 5.79. The number of nitrogens with zero attached hydrogens (tertiary/aromatic N) is 1. The Balaban J connectivity index is 1.68. The summed E-state index contributed by atoms with van der Waals surface area (Å²) in [5, 5.41) is 3.33. The van der Waals surface area contributed by atoms with Crippen LogP contribution in [0.4, 0.5) is 0 Å². The summed E-state index contributed by atoms with van der Waals surface area (Å²) >= 11 is 0. The predicted octanol–water partition coefficient (Wildman–Crippen LogP) is 2.93. The van der Waals surface area contributed by atoms with Gasteiger partial charge in [0.25, 0.3) is 5.91 Å². The molecule has 2 aliphatic rings. The number of methoxy groups -OCH3 is 1. The van der Waals surface area contributed by atoms with E-state index in [4.69, 9.17) is 4.74 Å². The van der Waals surface area contributed by atoms with Crippen LogP contribution < -0.4 is 5.32 Å². The van der Waals surface area contributed by atoms with E-state index in [2.05, 4.69) is 53.8 Å². The number of ether oxygens (including phenoxy) is 1. The summed E-state index contributed by atoms with van der Waals surface area (Å²) in [4.78, 5) is 15.5. The van der Waals surface area contributed by atoms with Crippen molar-refractivity contribution in [3.8, 4) is 0 Å². The highest BCUT2D eigenvalue weighted by molar-refractivity contribution is 5.86. The van der Waals surface area contributed by atoms with Gasteiger partial charge >= 0.3 is 0 Å². The van der Waals surface area contributed by atoms with Crippen LogP contribution in [0.25, 0.3) is 0 Å². The number of carbonyl (C=O) groups excluding carboxylic acids is 1. The average Bonchev–Trinajstić information content (AvgIpc) is 2.73. The molecule has 4 heteroatoms. The molecule has 2 aromatic carbocycles. The van der Waals surface area contributed by atoms with Crippen LogP contribution in [-0.4, -0.2) is 43.2 Å². The van der Waals surface area contributed by atoms with Gasteiger partial charge in [-0.2, -0.15) is 0 Å². The molecule has 136 valence electrons. The predicted molar refractivity (Wildman–Crippen MR) is 102 cm³/mol. The maximum absolute atomic E-state index is 13.5. The smallest absolute Gasteiger partial charge is 0.255 e. The molecule has 4 rings (SSSR count). The first kappa shape index (κ1) is 17.3. The van der Waals surface area contributed by atoms with Crippen molar-refractivity contribution in [3.05, 3.63) is 71.3 Å². The Morgan fingerprint density at radius 3 is 2.50 bits per heavy atom. The summed E-state index contributed by atoms with van der Waals surface area (Å²) in [5.41, 5.74) is 3.15. The molecule has 26 heavy (non-hydrogen) atoms. The number of piperidine rings is 1. The van der Waals surface area contributed by atoms with Crippen LogP contribution in [0, 0.1) is 0 Å². The van der Waals surface area contributed by atoms with Crippen molar-refractivity contribution < 1.29 is 9.53 Å². The van der Waals surface area contributed by atoms with Gasteiger partial charge < -0.3 is 15.0 Å². The molecular formula is C22H26N2O2. The molecule has 0 saturated carbocycles. The summed E-state index contributed by atoms with van der Waals surface area (Å²) in [6, 6.07) is 19.0. The minimum atomic E-state index is -0.682. The number of benzene rings is 2. The summed E-state index contributed by atoms with van der Waals surface area (Å²) in [5.74, 6) is 0.345. The molecule has 1 atom stereocenters. The van der Waals surface area contributed by atoms with Crippen LogP contribution in [0.5, 0.6) is 0 Å². The van der Waals surface area contributed by atoms with E-state index in [9.17, 15) is 4.79 Å². The first-order valence-electron chi connectivity index (χ1n) is 9.41. The zero-order chi connectivity index (χ0) is 18.0. The highest BCUT2D eigenvalue weighted by Gasteiger charge is 2.44. The number of hydrogen-bond donors (Lipinski definition) is 1. The van der Waals surface area contributed by atoms with Crippen LogP contribution in [-0.2, 0) is 16.1 Å². The fraction of sp³-hybridized carbons (Fsp3) is 0.409. The van der Waals surface area contributed by atoms with E-state index in [0.717, 1.165) is 25.9 Å². The Hall–Kier alpha value is -2.17. The fourth-order valence-electron chi connectivity index (χ4n) is 4.36. The molecule has 1 fully saturated rings. The number of fused-ring (bicyclic) bond motifs is 1. The largest absolute Gasteiger partial charge is 0.368 e. The van der Waals surface area contributed by atoms with Crippen LogP contribution >= 0.6 is 0 Å². The lowest BCUT2D eigenvalue weighted by Gasteiger charge is -2.42. The number of nitrogens with one attached hydrogen (secondary N) is 1. The van der Waals surface area contributed by atoms with Crippen molar-refractivity contribution in [2.24, 2.45) is 0 Å². The van der Waals surface area contributed by atoms with Gasteiger partial charge in [-0.25, -0.2) is 0 Å². The van der Waals surface area contributed by atoms with Gasteiger partial charge in [-0.15, -0.1) is 0 Å². The Labute approximate surface area is 155 Å². The summed E-state index contributed by atoms with van der Waals surface area (Å²) in [7, 11) is 1.68. The van der Waals surface area contributed by atoms with Gasteiger partial charge in [0.05, 0.1) is 0 Å². The summed E-state index contributed by atoms with van der Waals surface area (Å²) in [6.07, 6.45) is 1.47. The minimum absolute atomic E-state index is 0.136. The van der Waals surface area contributed by atoms with E-state index in [1.807, 2.05) is 11.0 Å². The lowest BCUT2D eigenvalue weighted by Crippen LogP contribution is -2.56. The fourth-order valence-corrected chi connectivity index (χ4v) is 4.36. The lowest BCUT2D eigenvalue weighted by molar-refractivity contribution is -0.159. The van der Waals surface area contributed by atoms with Crippen LogP contribution in [0.2, 0.25) is 0 Å². The third-order valence-electron chi connectivity index (χ3n) is 5.88. The van der Waals surface area contributed by atoms with Gasteiger partial charge in [0, 0.05) is 26.1 Å². The molecule has 0 bridgehead atoms. The van der Waals surface area contributed by atoms with E-state index in [-0.39, 0.29) is 11.8 Å². The SMILES string of the molecule is COC1(C(=O)N2Cc3ccccc3C(c3ccccc3)C2)CCNCC1. The van der Waals surface area contributed by atoms with Crippen LogP contribution in [0.15, 0.2) is 54.6 Å². The van der Waals surface area contributed by atoms with Crippen LogP contribution in [0.1, 0.15) is 35.4 Å². The molecule has 4 nitrogen and oxygen atoms in total. The third kappa shape index (κ3) is 3.04. The molecule has 2 aliphatic heterocycles. The number of rotatable bonds is 3. The van der Waals surface area contributed by atoms with E-state index in [0.29, 0.717) is 13.1 Å². The van der Waals surface area contributed by atoms with Crippen molar-refractivity contribution in [1.82, 2.24) is 10.2 Å². The second kappa shape index (κ2) is 7.22. The van der Waals surface area contributed by atoms with Gasteiger partial charge in [-0.05, 0) is 42.6 Å². The van der Waals surface area contributed by atoms with Gasteiger partial charge in [0.2, 0.25) is 0 Å². The third-order valence-corrected chi connectivity index (χ3v) is 5.88. The second-order valence-corrected chi connectivity index (χ2v) is 7.30. The molecule has 0 radical (unpaired) electrons. The highest BCUT2D eigenvalue weighted by atomic mass is 16.5. The standard InChI is InChI=1S/C22H26N2O2/c1-26-22(11-13-23-14-12-22)21(25)24-15-18-9-5-6-10-19(18)20(16-24)17-7-3-2-4-8-17/h2-10,20,23H,11-16H2,1H3.